The number of aromatic nitrogens is 2. The van der Waals surface area contributed by atoms with Gasteiger partial charge in [-0.25, -0.2) is 9.07 Å². The van der Waals surface area contributed by atoms with Crippen molar-refractivity contribution < 1.29 is 22.7 Å². The molecule has 29 heavy (non-hydrogen) atoms. The van der Waals surface area contributed by atoms with Crippen molar-refractivity contribution in [1.82, 2.24) is 9.78 Å². The second-order valence-corrected chi connectivity index (χ2v) is 7.23. The molecule has 0 radical (unpaired) electrons. The number of ether oxygens (including phenoxy) is 1. The average Bonchev–Trinajstić information content (AvgIpc) is 3.13. The molecule has 0 atom stereocenters. The lowest BCUT2D eigenvalue weighted by Gasteiger charge is -2.10. The summed E-state index contributed by atoms with van der Waals surface area (Å²) >= 11 is 9.36. The first-order chi connectivity index (χ1) is 13.8. The van der Waals surface area contributed by atoms with Crippen LogP contribution in [-0.4, -0.2) is 15.7 Å². The third-order valence-electron chi connectivity index (χ3n) is 3.85. The van der Waals surface area contributed by atoms with E-state index >= 15 is 0 Å². The summed E-state index contributed by atoms with van der Waals surface area (Å²) in [6.07, 6.45) is 1.05. The molecule has 0 aliphatic rings. The fraction of sp³-hybridized carbons (Fsp3) is 0.158. The lowest BCUT2D eigenvalue weighted by molar-refractivity contribution is -0.115. The lowest BCUT2D eigenvalue weighted by Crippen LogP contribution is -2.15. The molecule has 0 bridgehead atoms. The molecule has 0 spiro atoms. The standard InChI is InChI=1S/C19H14BrClF3N3O2/c20-15-9-14(25-17(28)8-12-7-13(22)2-4-16(12)21)3-1-11(15)10-29-18-5-6-27(26-18)19(23)24/h1-7,9,19H,8,10H2,(H,25,28). The smallest absolute Gasteiger partial charge is 0.333 e. The molecule has 5 nitrogen and oxygen atoms in total. The molecule has 10 heteroatoms. The Morgan fingerprint density at radius 2 is 2.00 bits per heavy atom. The molecule has 152 valence electrons. The number of benzene rings is 2. The zero-order valence-corrected chi connectivity index (χ0v) is 17.1. The molecule has 1 aromatic heterocycles. The van der Waals surface area contributed by atoms with Gasteiger partial charge in [0.15, 0.2) is 0 Å². The Kier molecular flexibility index (Phi) is 6.81. The maximum atomic E-state index is 13.3. The molecule has 0 unspecified atom stereocenters. The van der Waals surface area contributed by atoms with Crippen LogP contribution in [0.15, 0.2) is 53.1 Å². The van der Waals surface area contributed by atoms with Crippen LogP contribution >= 0.6 is 27.5 Å². The molecule has 0 aliphatic carbocycles. The van der Waals surface area contributed by atoms with Crippen molar-refractivity contribution in [3.8, 4) is 5.88 Å². The van der Waals surface area contributed by atoms with E-state index in [2.05, 4.69) is 26.3 Å². The van der Waals surface area contributed by atoms with Gasteiger partial charge in [0, 0.05) is 33.0 Å². The average molecular weight is 489 g/mol. The van der Waals surface area contributed by atoms with Crippen LogP contribution in [0.1, 0.15) is 17.7 Å². The van der Waals surface area contributed by atoms with Gasteiger partial charge in [0.05, 0.1) is 6.42 Å². The molecule has 3 aromatic rings. The zero-order valence-electron chi connectivity index (χ0n) is 14.7. The van der Waals surface area contributed by atoms with Crippen LogP contribution in [-0.2, 0) is 17.8 Å². The molecule has 1 heterocycles. The molecule has 1 amide bonds. The van der Waals surface area contributed by atoms with E-state index in [1.165, 1.54) is 24.3 Å². The Morgan fingerprint density at radius 3 is 2.69 bits per heavy atom. The van der Waals surface area contributed by atoms with E-state index in [9.17, 15) is 18.0 Å². The predicted molar refractivity (Wildman–Crippen MR) is 106 cm³/mol. The summed E-state index contributed by atoms with van der Waals surface area (Å²) in [6.45, 7) is -2.64. The number of hydrogen-bond acceptors (Lipinski definition) is 3. The van der Waals surface area contributed by atoms with E-state index in [4.69, 9.17) is 16.3 Å². The first-order valence-electron chi connectivity index (χ1n) is 8.30. The number of amides is 1. The van der Waals surface area contributed by atoms with Gasteiger partial charge in [0.2, 0.25) is 11.8 Å². The summed E-state index contributed by atoms with van der Waals surface area (Å²) in [4.78, 5) is 12.2. The third kappa shape index (κ3) is 5.74. The molecule has 0 fully saturated rings. The van der Waals surface area contributed by atoms with Crippen LogP contribution in [0.2, 0.25) is 5.02 Å². The Morgan fingerprint density at radius 1 is 1.21 bits per heavy atom. The number of carbonyl (C=O) groups is 1. The van der Waals surface area contributed by atoms with Crippen molar-refractivity contribution in [2.45, 2.75) is 19.6 Å². The van der Waals surface area contributed by atoms with Gasteiger partial charge in [-0.15, -0.1) is 5.10 Å². The van der Waals surface area contributed by atoms with E-state index in [0.29, 0.717) is 25.4 Å². The maximum Gasteiger partial charge on any atom is 0.333 e. The minimum atomic E-state index is -2.73. The van der Waals surface area contributed by atoms with Gasteiger partial charge >= 0.3 is 6.55 Å². The number of anilines is 1. The first-order valence-corrected chi connectivity index (χ1v) is 9.47. The van der Waals surface area contributed by atoms with Crippen LogP contribution in [0, 0.1) is 5.82 Å². The Bertz CT molecular complexity index is 1030. The maximum absolute atomic E-state index is 13.3. The van der Waals surface area contributed by atoms with Crippen molar-refractivity contribution in [2.24, 2.45) is 0 Å². The molecule has 1 N–H and O–H groups in total. The number of nitrogens with one attached hydrogen (secondary N) is 1. The first kappa shape index (κ1) is 21.2. The van der Waals surface area contributed by atoms with Gasteiger partial charge in [-0.05, 0) is 35.9 Å². The quantitative estimate of drug-likeness (QED) is 0.471. The minimum Gasteiger partial charge on any atom is -0.472 e. The van der Waals surface area contributed by atoms with Gasteiger partial charge in [-0.3, -0.25) is 4.79 Å². The largest absolute Gasteiger partial charge is 0.472 e. The van der Waals surface area contributed by atoms with Crippen LogP contribution in [0.25, 0.3) is 0 Å². The highest BCUT2D eigenvalue weighted by atomic mass is 79.9. The van der Waals surface area contributed by atoms with Crippen molar-refractivity contribution in [3.05, 3.63) is 75.1 Å². The van der Waals surface area contributed by atoms with Crippen LogP contribution in [0.4, 0.5) is 18.9 Å². The van der Waals surface area contributed by atoms with Crippen molar-refractivity contribution in [3.63, 3.8) is 0 Å². The summed E-state index contributed by atoms with van der Waals surface area (Å²) in [7, 11) is 0. The monoisotopic (exact) mass is 487 g/mol. The van der Waals surface area contributed by atoms with Crippen molar-refractivity contribution >= 4 is 39.1 Å². The minimum absolute atomic E-state index is 0.0709. The van der Waals surface area contributed by atoms with E-state index in [1.54, 1.807) is 18.2 Å². The summed E-state index contributed by atoms with van der Waals surface area (Å²) in [6, 6.07) is 10.2. The second kappa shape index (κ2) is 9.32. The normalized spacial score (nSPS) is 11.0. The molecule has 0 saturated carbocycles. The molecular formula is C19H14BrClF3N3O2. The Balaban J connectivity index is 1.59. The highest BCUT2D eigenvalue weighted by molar-refractivity contribution is 9.10. The van der Waals surface area contributed by atoms with Gasteiger partial charge in [0.1, 0.15) is 12.4 Å². The summed E-state index contributed by atoms with van der Waals surface area (Å²) in [5.74, 6) is -0.754. The second-order valence-electron chi connectivity index (χ2n) is 5.97. The summed E-state index contributed by atoms with van der Waals surface area (Å²) in [5, 5.41) is 6.61. The third-order valence-corrected chi connectivity index (χ3v) is 4.96. The zero-order chi connectivity index (χ0) is 21.0. The van der Waals surface area contributed by atoms with Gasteiger partial charge in [0.25, 0.3) is 0 Å². The number of hydrogen-bond donors (Lipinski definition) is 1. The van der Waals surface area contributed by atoms with E-state index in [-0.39, 0.29) is 24.8 Å². The number of alkyl halides is 2. The number of halogens is 5. The van der Waals surface area contributed by atoms with E-state index < -0.39 is 12.4 Å². The number of rotatable bonds is 7. The highest BCUT2D eigenvalue weighted by Crippen LogP contribution is 2.24. The SMILES string of the molecule is O=C(Cc1cc(F)ccc1Cl)Nc1ccc(COc2ccn(C(F)F)n2)c(Br)c1. The summed E-state index contributed by atoms with van der Waals surface area (Å²) < 4.78 is 44.9. The van der Waals surface area contributed by atoms with Gasteiger partial charge in [-0.1, -0.05) is 33.6 Å². The van der Waals surface area contributed by atoms with E-state index in [0.717, 1.165) is 11.8 Å². The predicted octanol–water partition coefficient (Wildman–Crippen LogP) is 5.59. The molecule has 0 saturated heterocycles. The van der Waals surface area contributed by atoms with Crippen molar-refractivity contribution in [2.75, 3.05) is 5.32 Å². The number of nitrogens with zero attached hydrogens (tertiary/aromatic N) is 2. The van der Waals surface area contributed by atoms with E-state index in [1.807, 2.05) is 0 Å². The van der Waals surface area contributed by atoms with Gasteiger partial charge < -0.3 is 10.1 Å². The highest BCUT2D eigenvalue weighted by Gasteiger charge is 2.11. The Labute approximate surface area is 177 Å². The van der Waals surface area contributed by atoms with Crippen LogP contribution in [0.5, 0.6) is 5.88 Å². The Hall–Kier alpha value is -2.52. The fourth-order valence-electron chi connectivity index (χ4n) is 2.46. The fourth-order valence-corrected chi connectivity index (χ4v) is 3.13. The van der Waals surface area contributed by atoms with Crippen LogP contribution < -0.4 is 10.1 Å². The lowest BCUT2D eigenvalue weighted by atomic mass is 10.1. The summed E-state index contributed by atoms with van der Waals surface area (Å²) in [5.41, 5.74) is 1.62. The topological polar surface area (TPSA) is 56.1 Å². The van der Waals surface area contributed by atoms with Gasteiger partial charge in [-0.2, -0.15) is 8.78 Å². The molecule has 2 aromatic carbocycles. The number of carbonyl (C=O) groups excluding carboxylic acids is 1. The molecule has 3 rings (SSSR count). The molecule has 0 aliphatic heterocycles. The van der Waals surface area contributed by atoms with Crippen LogP contribution in [0.3, 0.4) is 0 Å². The molecular weight excluding hydrogens is 475 g/mol. The van der Waals surface area contributed by atoms with Crippen molar-refractivity contribution in [1.29, 1.82) is 0 Å².